The van der Waals surface area contributed by atoms with E-state index in [1.807, 2.05) is 0 Å². The number of aromatic carboxylic acids is 1. The molecule has 2 aromatic rings. The lowest BCUT2D eigenvalue weighted by Gasteiger charge is -2.03. The minimum absolute atomic E-state index is 0.0771. The highest BCUT2D eigenvalue weighted by Crippen LogP contribution is 2.12. The summed E-state index contributed by atoms with van der Waals surface area (Å²) < 4.78 is 4.80. The van der Waals surface area contributed by atoms with E-state index in [1.165, 1.54) is 18.2 Å². The van der Waals surface area contributed by atoms with Gasteiger partial charge in [-0.2, -0.15) is 0 Å². The molecule has 0 aliphatic carbocycles. The summed E-state index contributed by atoms with van der Waals surface area (Å²) in [5, 5.41) is 14.9. The molecule has 0 fully saturated rings. The van der Waals surface area contributed by atoms with E-state index in [0.717, 1.165) is 0 Å². The molecule has 0 saturated heterocycles. The Bertz CT molecular complexity index is 604. The molecule has 0 unspecified atom stereocenters. The highest BCUT2D eigenvalue weighted by atomic mass is 16.5. The number of hydrogen-bond acceptors (Lipinski definition) is 4. The molecule has 2 rings (SSSR count). The van der Waals surface area contributed by atoms with Crippen LogP contribution >= 0.6 is 0 Å². The average Bonchev–Trinajstić information content (AvgIpc) is 2.76. The lowest BCUT2D eigenvalue weighted by atomic mass is 10.2. The molecule has 2 N–H and O–H groups in total. The number of amides is 1. The van der Waals surface area contributed by atoms with Gasteiger partial charge in [0.1, 0.15) is 0 Å². The van der Waals surface area contributed by atoms with Crippen LogP contribution in [0.2, 0.25) is 0 Å². The van der Waals surface area contributed by atoms with Gasteiger partial charge >= 0.3 is 5.97 Å². The number of aromatic nitrogens is 1. The van der Waals surface area contributed by atoms with Crippen LogP contribution in [0, 0.1) is 6.92 Å². The second kappa shape index (κ2) is 4.70. The van der Waals surface area contributed by atoms with Crippen LogP contribution < -0.4 is 5.32 Å². The van der Waals surface area contributed by atoms with Crippen molar-refractivity contribution in [1.29, 1.82) is 0 Å². The van der Waals surface area contributed by atoms with Gasteiger partial charge in [-0.25, -0.2) is 4.79 Å². The molecular weight excluding hydrogens is 236 g/mol. The predicted octanol–water partition coefficient (Wildman–Crippen LogP) is 1.93. The van der Waals surface area contributed by atoms with Crippen molar-refractivity contribution in [2.45, 2.75) is 6.92 Å². The second-order valence-electron chi connectivity index (χ2n) is 3.67. The van der Waals surface area contributed by atoms with Gasteiger partial charge in [-0.3, -0.25) is 4.79 Å². The van der Waals surface area contributed by atoms with Crippen LogP contribution in [0.1, 0.15) is 26.6 Å². The first kappa shape index (κ1) is 11.8. The molecule has 0 spiro atoms. The topological polar surface area (TPSA) is 92.4 Å². The first-order valence-electron chi connectivity index (χ1n) is 5.14. The Hall–Kier alpha value is -2.63. The smallest absolute Gasteiger partial charge is 0.335 e. The number of rotatable bonds is 3. The number of aryl methyl sites for hydroxylation is 1. The number of carboxylic acid groups (broad SMARTS) is 1. The molecule has 0 aliphatic rings. The summed E-state index contributed by atoms with van der Waals surface area (Å²) in [7, 11) is 0. The third kappa shape index (κ3) is 2.54. The van der Waals surface area contributed by atoms with Gasteiger partial charge in [0.2, 0.25) is 5.76 Å². The van der Waals surface area contributed by atoms with Crippen molar-refractivity contribution < 1.29 is 19.2 Å². The van der Waals surface area contributed by atoms with Gasteiger partial charge in [0.15, 0.2) is 0 Å². The maximum Gasteiger partial charge on any atom is 0.335 e. The van der Waals surface area contributed by atoms with Crippen molar-refractivity contribution in [3.05, 3.63) is 47.3 Å². The van der Waals surface area contributed by atoms with Crippen LogP contribution in [0.3, 0.4) is 0 Å². The second-order valence-corrected chi connectivity index (χ2v) is 3.67. The summed E-state index contributed by atoms with van der Waals surface area (Å²) in [6.07, 6.45) is 0. The molecular formula is C12H10N2O4. The number of nitrogens with zero attached hydrogens (tertiary/aromatic N) is 1. The van der Waals surface area contributed by atoms with Crippen LogP contribution in [-0.2, 0) is 0 Å². The zero-order valence-electron chi connectivity index (χ0n) is 9.51. The number of benzene rings is 1. The summed E-state index contributed by atoms with van der Waals surface area (Å²) in [5.74, 6) is -1.45. The lowest BCUT2D eigenvalue weighted by Crippen LogP contribution is -2.11. The van der Waals surface area contributed by atoms with E-state index in [2.05, 4.69) is 10.5 Å². The lowest BCUT2D eigenvalue weighted by molar-refractivity contribution is 0.0696. The third-order valence-electron chi connectivity index (χ3n) is 2.22. The largest absolute Gasteiger partial charge is 0.478 e. The quantitative estimate of drug-likeness (QED) is 0.863. The van der Waals surface area contributed by atoms with Crippen molar-refractivity contribution in [2.24, 2.45) is 0 Å². The minimum Gasteiger partial charge on any atom is -0.478 e. The Balaban J connectivity index is 2.16. The maximum atomic E-state index is 11.7. The van der Waals surface area contributed by atoms with E-state index in [0.29, 0.717) is 11.4 Å². The molecule has 1 aromatic heterocycles. The summed E-state index contributed by atoms with van der Waals surface area (Å²) in [5.41, 5.74) is 1.08. The highest BCUT2D eigenvalue weighted by molar-refractivity contribution is 6.02. The van der Waals surface area contributed by atoms with Gasteiger partial charge < -0.3 is 14.9 Å². The molecule has 1 aromatic carbocycles. The van der Waals surface area contributed by atoms with E-state index in [1.54, 1.807) is 19.1 Å². The minimum atomic E-state index is -1.05. The zero-order chi connectivity index (χ0) is 13.1. The van der Waals surface area contributed by atoms with Crippen molar-refractivity contribution >= 4 is 17.6 Å². The third-order valence-corrected chi connectivity index (χ3v) is 2.22. The first-order chi connectivity index (χ1) is 8.56. The molecule has 92 valence electrons. The number of carboxylic acids is 1. The molecule has 0 aliphatic heterocycles. The molecule has 0 atom stereocenters. The van der Waals surface area contributed by atoms with Gasteiger partial charge in [-0.1, -0.05) is 11.2 Å². The van der Waals surface area contributed by atoms with Crippen molar-refractivity contribution in [2.75, 3.05) is 5.32 Å². The first-order valence-corrected chi connectivity index (χ1v) is 5.14. The number of anilines is 1. The van der Waals surface area contributed by atoms with Gasteiger partial charge in [0.25, 0.3) is 5.91 Å². The summed E-state index contributed by atoms with van der Waals surface area (Å²) >= 11 is 0. The molecule has 1 amide bonds. The van der Waals surface area contributed by atoms with Crippen LogP contribution in [0.15, 0.2) is 34.9 Å². The van der Waals surface area contributed by atoms with Crippen molar-refractivity contribution in [1.82, 2.24) is 5.16 Å². The molecule has 6 nitrogen and oxygen atoms in total. The SMILES string of the molecule is Cc1cc(C(=O)Nc2cccc(C(=O)O)c2)on1. The number of hydrogen-bond donors (Lipinski definition) is 2. The summed E-state index contributed by atoms with van der Waals surface area (Å²) in [4.78, 5) is 22.5. The van der Waals surface area contributed by atoms with E-state index >= 15 is 0 Å². The van der Waals surface area contributed by atoms with E-state index in [-0.39, 0.29) is 11.3 Å². The fourth-order valence-corrected chi connectivity index (χ4v) is 1.39. The fourth-order valence-electron chi connectivity index (χ4n) is 1.39. The van der Waals surface area contributed by atoms with Gasteiger partial charge in [-0.05, 0) is 25.1 Å². The predicted molar refractivity (Wildman–Crippen MR) is 62.6 cm³/mol. The van der Waals surface area contributed by atoms with Gasteiger partial charge in [-0.15, -0.1) is 0 Å². The number of carbonyl (C=O) groups excluding carboxylic acids is 1. The Morgan fingerprint density at radius 1 is 1.33 bits per heavy atom. The Morgan fingerprint density at radius 2 is 2.11 bits per heavy atom. The molecule has 6 heteroatoms. The Kier molecular flexibility index (Phi) is 3.09. The van der Waals surface area contributed by atoms with Gasteiger partial charge in [0, 0.05) is 11.8 Å². The van der Waals surface area contributed by atoms with Crippen LogP contribution in [0.5, 0.6) is 0 Å². The number of nitrogens with one attached hydrogen (secondary N) is 1. The Morgan fingerprint density at radius 3 is 2.72 bits per heavy atom. The van der Waals surface area contributed by atoms with Crippen molar-refractivity contribution in [3.63, 3.8) is 0 Å². The molecule has 18 heavy (non-hydrogen) atoms. The standard InChI is InChI=1S/C12H10N2O4/c1-7-5-10(18-14-7)11(15)13-9-4-2-3-8(6-9)12(16)17/h2-6H,1H3,(H,13,15)(H,16,17). The fraction of sp³-hybridized carbons (Fsp3) is 0.0833. The van der Waals surface area contributed by atoms with Crippen LogP contribution in [0.4, 0.5) is 5.69 Å². The normalized spacial score (nSPS) is 10.1. The number of carbonyl (C=O) groups is 2. The molecule has 0 saturated carbocycles. The zero-order valence-corrected chi connectivity index (χ0v) is 9.51. The summed E-state index contributed by atoms with van der Waals surface area (Å²) in [6.45, 7) is 1.70. The molecule has 1 heterocycles. The highest BCUT2D eigenvalue weighted by Gasteiger charge is 2.12. The maximum absolute atomic E-state index is 11.7. The summed E-state index contributed by atoms with van der Waals surface area (Å²) in [6, 6.07) is 7.44. The monoisotopic (exact) mass is 246 g/mol. The molecule has 0 bridgehead atoms. The molecule has 0 radical (unpaired) electrons. The van der Waals surface area contributed by atoms with Gasteiger partial charge in [0.05, 0.1) is 11.3 Å². The van der Waals surface area contributed by atoms with Crippen LogP contribution in [0.25, 0.3) is 0 Å². The Labute approximate surface area is 102 Å². The van der Waals surface area contributed by atoms with Crippen LogP contribution in [-0.4, -0.2) is 22.1 Å². The average molecular weight is 246 g/mol. The van der Waals surface area contributed by atoms with E-state index in [4.69, 9.17) is 9.63 Å². The van der Waals surface area contributed by atoms with Crippen molar-refractivity contribution in [3.8, 4) is 0 Å². The van der Waals surface area contributed by atoms with E-state index in [9.17, 15) is 9.59 Å². The van der Waals surface area contributed by atoms with E-state index < -0.39 is 11.9 Å².